The van der Waals surface area contributed by atoms with Crippen LogP contribution in [0.15, 0.2) is 24.3 Å². The molecule has 0 heterocycles. The number of thiocarbonyl (C=S) groups is 1. The molecule has 4 nitrogen and oxygen atoms in total. The van der Waals surface area contributed by atoms with Gasteiger partial charge in [0.2, 0.25) is 0 Å². The summed E-state index contributed by atoms with van der Waals surface area (Å²) in [6.45, 7) is 1.65. The van der Waals surface area contributed by atoms with Gasteiger partial charge in [-0.05, 0) is 17.7 Å². The van der Waals surface area contributed by atoms with Crippen molar-refractivity contribution < 1.29 is 13.2 Å². The average molecular weight is 299 g/mol. The molecule has 1 aliphatic carbocycles. The van der Waals surface area contributed by atoms with E-state index in [2.05, 4.69) is 0 Å². The molecule has 19 heavy (non-hydrogen) atoms. The lowest BCUT2D eigenvalue weighted by molar-refractivity contribution is 0.414. The molecule has 3 atom stereocenters. The second-order valence-corrected chi connectivity index (χ2v) is 7.56. The predicted octanol–water partition coefficient (Wildman–Crippen LogP) is 1.50. The maximum atomic E-state index is 12.0. The molecule has 2 N–H and O–H groups in total. The lowest BCUT2D eigenvalue weighted by Gasteiger charge is -2.03. The van der Waals surface area contributed by atoms with Gasteiger partial charge in [-0.3, -0.25) is 0 Å². The highest BCUT2D eigenvalue weighted by atomic mass is 32.2. The van der Waals surface area contributed by atoms with Crippen LogP contribution >= 0.6 is 12.2 Å². The van der Waals surface area contributed by atoms with Crippen molar-refractivity contribution in [2.75, 3.05) is 12.9 Å². The van der Waals surface area contributed by atoms with Gasteiger partial charge in [0.25, 0.3) is 0 Å². The molecule has 1 fully saturated rings. The van der Waals surface area contributed by atoms with Crippen molar-refractivity contribution >= 4 is 27.0 Å². The molecule has 1 aromatic rings. The first kappa shape index (κ1) is 14.3. The Balaban J connectivity index is 2.30. The Morgan fingerprint density at radius 1 is 1.37 bits per heavy atom. The minimum atomic E-state index is -3.13. The second-order valence-electron chi connectivity index (χ2n) is 4.64. The predicted molar refractivity (Wildman–Crippen MR) is 79.3 cm³/mol. The number of rotatable bonds is 5. The van der Waals surface area contributed by atoms with Crippen molar-refractivity contribution in [1.29, 1.82) is 0 Å². The van der Waals surface area contributed by atoms with Crippen LogP contribution in [-0.4, -0.2) is 31.5 Å². The third kappa shape index (κ3) is 2.60. The van der Waals surface area contributed by atoms with Crippen molar-refractivity contribution in [3.63, 3.8) is 0 Å². The first-order chi connectivity index (χ1) is 8.92. The van der Waals surface area contributed by atoms with Crippen LogP contribution < -0.4 is 10.5 Å². The average Bonchev–Trinajstić information content (AvgIpc) is 3.15. The molecule has 1 aliphatic rings. The van der Waals surface area contributed by atoms with Gasteiger partial charge in [-0.25, -0.2) is 8.42 Å². The van der Waals surface area contributed by atoms with Crippen LogP contribution in [0.4, 0.5) is 0 Å². The number of methoxy groups -OCH3 is 1. The topological polar surface area (TPSA) is 69.4 Å². The SMILES string of the molecule is CCS(=O)(=O)C1C(C(N)=S)C1c1ccc(OC)cc1. The van der Waals surface area contributed by atoms with Crippen molar-refractivity contribution in [2.45, 2.75) is 18.1 Å². The van der Waals surface area contributed by atoms with Crippen LogP contribution in [0.5, 0.6) is 5.75 Å². The molecule has 104 valence electrons. The summed E-state index contributed by atoms with van der Waals surface area (Å²) in [7, 11) is -1.54. The number of benzene rings is 1. The van der Waals surface area contributed by atoms with Crippen LogP contribution in [0.25, 0.3) is 0 Å². The molecule has 1 saturated carbocycles. The third-order valence-electron chi connectivity index (χ3n) is 3.60. The summed E-state index contributed by atoms with van der Waals surface area (Å²) in [5.41, 5.74) is 6.61. The minimum absolute atomic E-state index is 0.115. The van der Waals surface area contributed by atoms with Gasteiger partial charge in [0.15, 0.2) is 9.84 Å². The smallest absolute Gasteiger partial charge is 0.154 e. The molecular formula is C13H17NO3S2. The van der Waals surface area contributed by atoms with E-state index in [-0.39, 0.29) is 22.6 Å². The van der Waals surface area contributed by atoms with Crippen LogP contribution in [-0.2, 0) is 9.84 Å². The van der Waals surface area contributed by atoms with E-state index in [0.717, 1.165) is 11.3 Å². The molecule has 0 spiro atoms. The van der Waals surface area contributed by atoms with Gasteiger partial charge >= 0.3 is 0 Å². The molecule has 0 saturated heterocycles. The summed E-state index contributed by atoms with van der Waals surface area (Å²) in [5.74, 6) is 0.497. The van der Waals surface area contributed by atoms with E-state index < -0.39 is 15.1 Å². The Hall–Kier alpha value is -1.14. The summed E-state index contributed by atoms with van der Waals surface area (Å²) >= 11 is 4.99. The fourth-order valence-corrected chi connectivity index (χ4v) is 4.69. The number of sulfone groups is 1. The third-order valence-corrected chi connectivity index (χ3v) is 6.09. The summed E-state index contributed by atoms with van der Waals surface area (Å²) in [6, 6.07) is 7.39. The van der Waals surface area contributed by atoms with Crippen LogP contribution in [0.2, 0.25) is 0 Å². The van der Waals surface area contributed by atoms with E-state index >= 15 is 0 Å². The van der Waals surface area contributed by atoms with Gasteiger partial charge in [-0.2, -0.15) is 0 Å². The first-order valence-electron chi connectivity index (χ1n) is 6.07. The van der Waals surface area contributed by atoms with E-state index in [4.69, 9.17) is 22.7 Å². The van der Waals surface area contributed by atoms with Gasteiger partial charge in [-0.1, -0.05) is 31.3 Å². The van der Waals surface area contributed by atoms with Gasteiger partial charge in [0.1, 0.15) is 5.75 Å². The molecule has 2 rings (SSSR count). The number of hydrogen-bond acceptors (Lipinski definition) is 4. The van der Waals surface area contributed by atoms with Gasteiger partial charge in [0.05, 0.1) is 17.3 Å². The number of ether oxygens (including phenoxy) is 1. The first-order valence-corrected chi connectivity index (χ1v) is 8.19. The number of hydrogen-bond donors (Lipinski definition) is 1. The largest absolute Gasteiger partial charge is 0.497 e. The lowest BCUT2D eigenvalue weighted by Crippen LogP contribution is -2.18. The Bertz CT molecular complexity index is 580. The van der Waals surface area contributed by atoms with Gasteiger partial charge < -0.3 is 10.5 Å². The van der Waals surface area contributed by atoms with E-state index in [1.54, 1.807) is 14.0 Å². The summed E-state index contributed by atoms with van der Waals surface area (Å²) in [5, 5.41) is -0.469. The van der Waals surface area contributed by atoms with E-state index in [1.165, 1.54) is 0 Å². The van der Waals surface area contributed by atoms with Crippen molar-refractivity contribution in [2.24, 2.45) is 11.7 Å². The molecule has 1 aromatic carbocycles. The van der Waals surface area contributed by atoms with E-state index in [1.807, 2.05) is 24.3 Å². The zero-order valence-electron chi connectivity index (χ0n) is 10.9. The second kappa shape index (κ2) is 5.09. The van der Waals surface area contributed by atoms with Crippen LogP contribution in [0.3, 0.4) is 0 Å². The van der Waals surface area contributed by atoms with Gasteiger partial charge in [0, 0.05) is 17.6 Å². The van der Waals surface area contributed by atoms with Crippen LogP contribution in [0.1, 0.15) is 18.4 Å². The monoisotopic (exact) mass is 299 g/mol. The van der Waals surface area contributed by atoms with Crippen molar-refractivity contribution in [3.8, 4) is 5.75 Å². The van der Waals surface area contributed by atoms with E-state index in [0.29, 0.717) is 0 Å². The Labute approximate surface area is 118 Å². The highest BCUT2D eigenvalue weighted by molar-refractivity contribution is 7.92. The number of nitrogens with two attached hydrogens (primary N) is 1. The summed E-state index contributed by atoms with van der Waals surface area (Å²) < 4.78 is 29.2. The molecule has 0 aromatic heterocycles. The molecule has 0 bridgehead atoms. The van der Waals surface area contributed by atoms with Crippen molar-refractivity contribution in [1.82, 2.24) is 0 Å². The molecular weight excluding hydrogens is 282 g/mol. The Morgan fingerprint density at radius 2 is 1.95 bits per heavy atom. The fourth-order valence-electron chi connectivity index (χ4n) is 2.48. The Kier molecular flexibility index (Phi) is 3.82. The Morgan fingerprint density at radius 3 is 2.37 bits per heavy atom. The fraction of sp³-hybridized carbons (Fsp3) is 0.462. The normalized spacial score (nSPS) is 25.9. The summed E-state index contributed by atoms with van der Waals surface area (Å²) in [4.78, 5) is 0.280. The molecule has 0 amide bonds. The summed E-state index contributed by atoms with van der Waals surface area (Å²) in [6.07, 6.45) is 0. The highest BCUT2D eigenvalue weighted by Crippen LogP contribution is 2.52. The molecule has 0 aliphatic heterocycles. The standard InChI is InChI=1S/C13H17NO3S2/c1-3-19(15,16)12-10(11(12)13(14)18)8-4-6-9(17-2)7-5-8/h4-7,10-12H,3H2,1-2H3,(H2,14,18). The van der Waals surface area contributed by atoms with Crippen molar-refractivity contribution in [3.05, 3.63) is 29.8 Å². The quantitative estimate of drug-likeness (QED) is 0.834. The lowest BCUT2D eigenvalue weighted by atomic mass is 10.1. The zero-order valence-corrected chi connectivity index (χ0v) is 12.5. The zero-order chi connectivity index (χ0) is 14.2. The van der Waals surface area contributed by atoms with E-state index in [9.17, 15) is 8.42 Å². The highest BCUT2D eigenvalue weighted by Gasteiger charge is 2.59. The molecule has 6 heteroatoms. The molecule has 3 unspecified atom stereocenters. The maximum Gasteiger partial charge on any atom is 0.154 e. The van der Waals surface area contributed by atoms with Crippen LogP contribution in [0, 0.1) is 5.92 Å². The minimum Gasteiger partial charge on any atom is -0.497 e. The van der Waals surface area contributed by atoms with Gasteiger partial charge in [-0.15, -0.1) is 0 Å². The maximum absolute atomic E-state index is 12.0. The molecule has 0 radical (unpaired) electrons.